The molecule has 0 saturated carbocycles. The lowest BCUT2D eigenvalue weighted by Gasteiger charge is -2.25. The topological polar surface area (TPSA) is 54.7 Å². The van der Waals surface area contributed by atoms with E-state index in [9.17, 15) is 4.79 Å². The maximum absolute atomic E-state index is 12.4. The lowest BCUT2D eigenvalue weighted by atomic mass is 10.2. The van der Waals surface area contributed by atoms with E-state index in [1.165, 1.54) is 12.7 Å². The number of carbonyl (C=O) groups excluding carboxylic acids is 1. The standard InChI is InChI=1S/C14H22N2O3/c1-11-8-12(10-19-11)14(17)16(6-7-18-2)9-13-4-3-5-15-13/h8,10,13,15H,3-7,9H2,1-2H3. The van der Waals surface area contributed by atoms with Gasteiger partial charge in [-0.2, -0.15) is 0 Å². The van der Waals surface area contributed by atoms with Crippen molar-refractivity contribution in [3.8, 4) is 0 Å². The van der Waals surface area contributed by atoms with Crippen LogP contribution in [0.1, 0.15) is 29.0 Å². The van der Waals surface area contributed by atoms with Gasteiger partial charge in [0.15, 0.2) is 0 Å². The Bertz CT molecular complexity index is 411. The van der Waals surface area contributed by atoms with E-state index in [2.05, 4.69) is 5.32 Å². The second-order valence-corrected chi connectivity index (χ2v) is 4.98. The van der Waals surface area contributed by atoms with Crippen LogP contribution in [0.2, 0.25) is 0 Å². The van der Waals surface area contributed by atoms with E-state index < -0.39 is 0 Å². The number of rotatable bonds is 6. The van der Waals surface area contributed by atoms with E-state index in [0.29, 0.717) is 24.8 Å². The van der Waals surface area contributed by atoms with Gasteiger partial charge in [0.2, 0.25) is 0 Å². The molecule has 0 radical (unpaired) electrons. The van der Waals surface area contributed by atoms with Gasteiger partial charge in [-0.15, -0.1) is 0 Å². The van der Waals surface area contributed by atoms with Crippen LogP contribution in [0.15, 0.2) is 16.7 Å². The lowest BCUT2D eigenvalue weighted by molar-refractivity contribution is 0.0678. The first-order valence-electron chi connectivity index (χ1n) is 6.77. The summed E-state index contributed by atoms with van der Waals surface area (Å²) >= 11 is 0. The second kappa shape index (κ2) is 6.73. The van der Waals surface area contributed by atoms with Gasteiger partial charge in [-0.25, -0.2) is 0 Å². The van der Waals surface area contributed by atoms with Crippen molar-refractivity contribution in [1.29, 1.82) is 0 Å². The molecular weight excluding hydrogens is 244 g/mol. The number of hydrogen-bond acceptors (Lipinski definition) is 4. The van der Waals surface area contributed by atoms with Crippen LogP contribution >= 0.6 is 0 Å². The third kappa shape index (κ3) is 3.81. The predicted octanol–water partition coefficient (Wildman–Crippen LogP) is 1.43. The first-order valence-corrected chi connectivity index (χ1v) is 6.77. The van der Waals surface area contributed by atoms with Crippen LogP contribution < -0.4 is 5.32 Å². The summed E-state index contributed by atoms with van der Waals surface area (Å²) in [7, 11) is 1.65. The largest absolute Gasteiger partial charge is 0.469 e. The van der Waals surface area contributed by atoms with Crippen LogP contribution in [0.25, 0.3) is 0 Å². The molecule has 1 aliphatic rings. The van der Waals surface area contributed by atoms with Gasteiger partial charge >= 0.3 is 0 Å². The van der Waals surface area contributed by atoms with Gasteiger partial charge in [-0.1, -0.05) is 0 Å². The average molecular weight is 266 g/mol. The normalized spacial score (nSPS) is 18.7. The van der Waals surface area contributed by atoms with Gasteiger partial charge in [0.25, 0.3) is 5.91 Å². The van der Waals surface area contributed by atoms with Gasteiger partial charge in [-0.3, -0.25) is 4.79 Å². The van der Waals surface area contributed by atoms with E-state index in [1.54, 1.807) is 13.2 Å². The Morgan fingerprint density at radius 3 is 3.05 bits per heavy atom. The van der Waals surface area contributed by atoms with Crippen molar-refractivity contribution in [2.75, 3.05) is 33.4 Å². The fourth-order valence-electron chi connectivity index (χ4n) is 2.39. The van der Waals surface area contributed by atoms with E-state index >= 15 is 0 Å². The Kier molecular flexibility index (Phi) is 4.99. The molecule has 1 saturated heterocycles. The minimum atomic E-state index is 0.0163. The molecule has 2 heterocycles. The molecule has 1 atom stereocenters. The van der Waals surface area contributed by atoms with Gasteiger partial charge in [-0.05, 0) is 32.4 Å². The summed E-state index contributed by atoms with van der Waals surface area (Å²) in [6.45, 7) is 4.77. The smallest absolute Gasteiger partial charge is 0.257 e. The molecule has 5 nitrogen and oxygen atoms in total. The molecular formula is C14H22N2O3. The number of nitrogens with one attached hydrogen (secondary N) is 1. The molecule has 1 aromatic rings. The molecule has 1 N–H and O–H groups in total. The Morgan fingerprint density at radius 1 is 1.63 bits per heavy atom. The number of carbonyl (C=O) groups is 1. The summed E-state index contributed by atoms with van der Waals surface area (Å²) in [6.07, 6.45) is 3.84. The van der Waals surface area contributed by atoms with E-state index in [4.69, 9.17) is 9.15 Å². The van der Waals surface area contributed by atoms with Gasteiger partial charge < -0.3 is 19.4 Å². The highest BCUT2D eigenvalue weighted by molar-refractivity contribution is 5.94. The second-order valence-electron chi connectivity index (χ2n) is 4.98. The number of nitrogens with zero attached hydrogens (tertiary/aromatic N) is 1. The summed E-state index contributed by atoms with van der Waals surface area (Å²) in [4.78, 5) is 14.3. The summed E-state index contributed by atoms with van der Waals surface area (Å²) in [5.74, 6) is 0.775. The summed E-state index contributed by atoms with van der Waals surface area (Å²) in [6, 6.07) is 2.18. The number of amides is 1. The molecule has 0 aromatic carbocycles. The van der Waals surface area contributed by atoms with Crippen molar-refractivity contribution in [2.24, 2.45) is 0 Å². The number of furan rings is 1. The lowest BCUT2D eigenvalue weighted by Crippen LogP contribution is -2.42. The molecule has 0 bridgehead atoms. The Morgan fingerprint density at radius 2 is 2.47 bits per heavy atom. The molecule has 1 aromatic heterocycles. The zero-order chi connectivity index (χ0) is 13.7. The fraction of sp³-hybridized carbons (Fsp3) is 0.643. The predicted molar refractivity (Wildman–Crippen MR) is 72.2 cm³/mol. The first-order chi connectivity index (χ1) is 9.20. The maximum atomic E-state index is 12.4. The van der Waals surface area contributed by atoms with E-state index in [1.807, 2.05) is 11.8 Å². The highest BCUT2D eigenvalue weighted by Crippen LogP contribution is 2.13. The third-order valence-electron chi connectivity index (χ3n) is 3.43. The van der Waals surface area contributed by atoms with Gasteiger partial charge in [0.1, 0.15) is 12.0 Å². The number of aryl methyl sites for hydroxylation is 1. The number of hydrogen-bond donors (Lipinski definition) is 1. The van der Waals surface area contributed by atoms with E-state index in [-0.39, 0.29) is 5.91 Å². The maximum Gasteiger partial charge on any atom is 0.257 e. The average Bonchev–Trinajstić information content (AvgIpc) is 3.05. The molecule has 1 fully saturated rings. The summed E-state index contributed by atoms with van der Waals surface area (Å²) in [5, 5.41) is 3.42. The first kappa shape index (κ1) is 14.1. The Balaban J connectivity index is 2.00. The SMILES string of the molecule is COCCN(CC1CCCN1)C(=O)c1coc(C)c1. The molecule has 1 unspecified atom stereocenters. The molecule has 0 aliphatic carbocycles. The van der Waals surface area contributed by atoms with Crippen LogP contribution in [-0.4, -0.2) is 50.2 Å². The van der Waals surface area contributed by atoms with Crippen molar-refractivity contribution in [1.82, 2.24) is 10.2 Å². The molecule has 0 spiro atoms. The van der Waals surface area contributed by atoms with E-state index in [0.717, 1.165) is 25.3 Å². The number of methoxy groups -OCH3 is 1. The van der Waals surface area contributed by atoms with Crippen LogP contribution in [0.4, 0.5) is 0 Å². The summed E-state index contributed by atoms with van der Waals surface area (Å²) < 4.78 is 10.3. The van der Waals surface area contributed by atoms with Gasteiger partial charge in [0, 0.05) is 26.2 Å². The minimum absolute atomic E-state index is 0.0163. The number of ether oxygens (including phenoxy) is 1. The molecule has 2 rings (SSSR count). The zero-order valence-electron chi connectivity index (χ0n) is 11.6. The minimum Gasteiger partial charge on any atom is -0.469 e. The van der Waals surface area contributed by atoms with Crippen LogP contribution in [0.5, 0.6) is 0 Å². The zero-order valence-corrected chi connectivity index (χ0v) is 11.6. The molecule has 1 aliphatic heterocycles. The Hall–Kier alpha value is -1.33. The van der Waals surface area contributed by atoms with Crippen LogP contribution in [-0.2, 0) is 4.74 Å². The fourth-order valence-corrected chi connectivity index (χ4v) is 2.39. The quantitative estimate of drug-likeness (QED) is 0.846. The van der Waals surface area contributed by atoms with Crippen LogP contribution in [0.3, 0.4) is 0 Å². The third-order valence-corrected chi connectivity index (χ3v) is 3.43. The van der Waals surface area contributed by atoms with Crippen molar-refractivity contribution in [3.63, 3.8) is 0 Å². The van der Waals surface area contributed by atoms with Crippen LogP contribution in [0, 0.1) is 6.92 Å². The Labute approximate surface area is 113 Å². The van der Waals surface area contributed by atoms with Crippen molar-refractivity contribution in [3.05, 3.63) is 23.7 Å². The molecule has 106 valence electrons. The molecule has 1 amide bonds. The highest BCUT2D eigenvalue weighted by Gasteiger charge is 2.23. The van der Waals surface area contributed by atoms with Gasteiger partial charge in [0.05, 0.1) is 12.2 Å². The van der Waals surface area contributed by atoms with Crippen molar-refractivity contribution >= 4 is 5.91 Å². The highest BCUT2D eigenvalue weighted by atomic mass is 16.5. The summed E-state index contributed by atoms with van der Waals surface area (Å²) in [5.41, 5.74) is 0.617. The molecule has 19 heavy (non-hydrogen) atoms. The van der Waals surface area contributed by atoms with Crippen molar-refractivity contribution < 1.29 is 13.9 Å². The van der Waals surface area contributed by atoms with Crippen molar-refractivity contribution in [2.45, 2.75) is 25.8 Å². The molecule has 5 heteroatoms. The monoisotopic (exact) mass is 266 g/mol.